The number of rotatable bonds is 3. The maximum absolute atomic E-state index is 12.1. The molecule has 0 radical (unpaired) electrons. The lowest BCUT2D eigenvalue weighted by Gasteiger charge is -2.11. The molecule has 0 atom stereocenters. The van der Waals surface area contributed by atoms with Crippen LogP contribution in [0.1, 0.15) is 20.3 Å². The van der Waals surface area contributed by atoms with Crippen molar-refractivity contribution in [3.05, 3.63) is 0 Å². The zero-order valence-corrected chi connectivity index (χ0v) is 8.18. The summed E-state index contributed by atoms with van der Waals surface area (Å²) in [6, 6.07) is 0. The molecule has 0 saturated heterocycles. The van der Waals surface area contributed by atoms with E-state index in [1.54, 1.807) is 13.8 Å². The Labute approximate surface area is 80.0 Å². The lowest BCUT2D eigenvalue weighted by atomic mass is 10.2. The summed E-state index contributed by atoms with van der Waals surface area (Å²) in [5.74, 6) is -0.919. The van der Waals surface area contributed by atoms with E-state index in [-0.39, 0.29) is 0 Å². The Morgan fingerprint density at radius 1 is 1.43 bits per heavy atom. The fraction of sp³-hybridized carbons (Fsp3) is 0.750. The molecule has 0 spiro atoms. The summed E-state index contributed by atoms with van der Waals surface area (Å²) in [5, 5.41) is 0. The Balaban J connectivity index is 4.29. The maximum atomic E-state index is 12.1. The molecule has 0 bridgehead atoms. The molecule has 3 nitrogen and oxygen atoms in total. The van der Waals surface area contributed by atoms with Crippen LogP contribution in [0.4, 0.5) is 13.2 Å². The second kappa shape index (κ2) is 4.97. The molecule has 0 aliphatic rings. The van der Waals surface area contributed by atoms with Crippen molar-refractivity contribution < 1.29 is 22.7 Å². The number of alkyl halides is 3. The first-order valence-electron chi connectivity index (χ1n) is 3.99. The Bertz CT molecular complexity index is 233. The highest BCUT2D eigenvalue weighted by atomic mass is 19.4. The van der Waals surface area contributed by atoms with Crippen LogP contribution >= 0.6 is 0 Å². The van der Waals surface area contributed by atoms with E-state index in [9.17, 15) is 18.0 Å². The first-order chi connectivity index (χ1) is 6.27. The largest absolute Gasteiger partial charge is 0.463 e. The van der Waals surface area contributed by atoms with Gasteiger partial charge >= 0.3 is 12.1 Å². The molecule has 0 saturated carbocycles. The van der Waals surface area contributed by atoms with Crippen molar-refractivity contribution in [2.75, 3.05) is 7.05 Å². The van der Waals surface area contributed by atoms with Crippen molar-refractivity contribution in [3.8, 4) is 0 Å². The molecule has 0 amide bonds. The van der Waals surface area contributed by atoms with E-state index < -0.39 is 30.4 Å². The van der Waals surface area contributed by atoms with Gasteiger partial charge in [0.05, 0.1) is 12.5 Å². The fourth-order valence-electron chi connectivity index (χ4n) is 0.747. The van der Waals surface area contributed by atoms with Gasteiger partial charge in [0.2, 0.25) is 0 Å². The van der Waals surface area contributed by atoms with Crippen LogP contribution in [0.3, 0.4) is 0 Å². The van der Waals surface area contributed by atoms with Crippen molar-refractivity contribution in [2.45, 2.75) is 32.5 Å². The number of halogens is 3. The van der Waals surface area contributed by atoms with Gasteiger partial charge in [-0.25, -0.2) is 0 Å². The molecule has 0 aliphatic heterocycles. The van der Waals surface area contributed by atoms with Gasteiger partial charge < -0.3 is 4.74 Å². The van der Waals surface area contributed by atoms with Gasteiger partial charge in [0.25, 0.3) is 0 Å². The number of hydrogen-bond acceptors (Lipinski definition) is 3. The van der Waals surface area contributed by atoms with Gasteiger partial charge in [-0.2, -0.15) is 13.2 Å². The lowest BCUT2D eigenvalue weighted by molar-refractivity contribution is -0.146. The van der Waals surface area contributed by atoms with E-state index in [2.05, 4.69) is 9.73 Å². The molecule has 0 aliphatic carbocycles. The standard InChI is InChI=1S/C8H12F3NO2/c1-5(2)14-7(13)4-6(12-3)8(9,10)11/h5H,4H2,1-3H3. The smallest absolute Gasteiger partial charge is 0.429 e. The minimum Gasteiger partial charge on any atom is -0.463 e. The second-order valence-corrected chi connectivity index (χ2v) is 2.88. The molecule has 0 rings (SSSR count). The summed E-state index contributed by atoms with van der Waals surface area (Å²) < 4.78 is 40.8. The molecule has 0 N–H and O–H groups in total. The third kappa shape index (κ3) is 4.84. The average molecular weight is 211 g/mol. The van der Waals surface area contributed by atoms with Crippen molar-refractivity contribution in [1.82, 2.24) is 0 Å². The highest BCUT2D eigenvalue weighted by Gasteiger charge is 2.36. The molecule has 0 aromatic heterocycles. The Kier molecular flexibility index (Phi) is 4.59. The van der Waals surface area contributed by atoms with Gasteiger partial charge in [0.15, 0.2) is 0 Å². The van der Waals surface area contributed by atoms with Crippen LogP contribution in [-0.2, 0) is 9.53 Å². The zero-order valence-electron chi connectivity index (χ0n) is 8.18. The van der Waals surface area contributed by atoms with Crippen LogP contribution in [-0.4, -0.2) is 31.0 Å². The minimum absolute atomic E-state index is 0.422. The van der Waals surface area contributed by atoms with Crippen LogP contribution in [0, 0.1) is 0 Å². The van der Waals surface area contributed by atoms with Gasteiger partial charge in [0.1, 0.15) is 5.71 Å². The number of nitrogens with zero attached hydrogens (tertiary/aromatic N) is 1. The van der Waals surface area contributed by atoms with Crippen LogP contribution < -0.4 is 0 Å². The summed E-state index contributed by atoms with van der Waals surface area (Å²) in [6.45, 7) is 3.13. The molecule has 0 aromatic rings. The quantitative estimate of drug-likeness (QED) is 0.528. The van der Waals surface area contributed by atoms with Gasteiger partial charge in [-0.1, -0.05) is 0 Å². The molecular weight excluding hydrogens is 199 g/mol. The van der Waals surface area contributed by atoms with Crippen LogP contribution in [0.2, 0.25) is 0 Å². The third-order valence-electron chi connectivity index (χ3n) is 1.28. The van der Waals surface area contributed by atoms with Crippen molar-refractivity contribution in [2.24, 2.45) is 4.99 Å². The van der Waals surface area contributed by atoms with Gasteiger partial charge in [-0.05, 0) is 13.8 Å². The highest BCUT2D eigenvalue weighted by molar-refractivity contribution is 6.02. The number of aliphatic imine (C=N–C) groups is 1. The Morgan fingerprint density at radius 2 is 1.93 bits per heavy atom. The Hall–Kier alpha value is -1.07. The zero-order chi connectivity index (χ0) is 11.4. The summed E-state index contributed by atoms with van der Waals surface area (Å²) in [6.07, 6.45) is -5.82. The molecular formula is C8H12F3NO2. The fourth-order valence-corrected chi connectivity index (χ4v) is 0.747. The molecule has 82 valence electrons. The van der Waals surface area contributed by atoms with Crippen LogP contribution in [0.5, 0.6) is 0 Å². The summed E-state index contributed by atoms with van der Waals surface area (Å²) in [4.78, 5) is 13.9. The molecule has 14 heavy (non-hydrogen) atoms. The van der Waals surface area contributed by atoms with E-state index in [4.69, 9.17) is 0 Å². The molecule has 0 unspecified atom stereocenters. The first-order valence-corrected chi connectivity index (χ1v) is 3.99. The van der Waals surface area contributed by atoms with E-state index in [0.29, 0.717) is 0 Å². The molecule has 6 heteroatoms. The predicted molar refractivity (Wildman–Crippen MR) is 45.3 cm³/mol. The summed E-state index contributed by atoms with van der Waals surface area (Å²) in [5.41, 5.74) is -1.12. The van der Waals surface area contributed by atoms with Crippen LogP contribution in [0.15, 0.2) is 4.99 Å². The number of hydrogen-bond donors (Lipinski definition) is 0. The average Bonchev–Trinajstić information content (AvgIpc) is 1.96. The molecule has 0 heterocycles. The predicted octanol–water partition coefficient (Wildman–Crippen LogP) is 1.96. The first kappa shape index (κ1) is 12.9. The number of ether oxygens (including phenoxy) is 1. The topological polar surface area (TPSA) is 38.7 Å². The van der Waals surface area contributed by atoms with E-state index in [1.807, 2.05) is 0 Å². The van der Waals surface area contributed by atoms with E-state index in [0.717, 1.165) is 7.05 Å². The SMILES string of the molecule is CN=C(CC(=O)OC(C)C)C(F)(F)F. The van der Waals surface area contributed by atoms with E-state index in [1.165, 1.54) is 0 Å². The van der Waals surface area contributed by atoms with Crippen molar-refractivity contribution in [1.29, 1.82) is 0 Å². The monoisotopic (exact) mass is 211 g/mol. The highest BCUT2D eigenvalue weighted by Crippen LogP contribution is 2.19. The van der Waals surface area contributed by atoms with E-state index >= 15 is 0 Å². The summed E-state index contributed by atoms with van der Waals surface area (Å²) in [7, 11) is 0.992. The minimum atomic E-state index is -4.56. The lowest BCUT2D eigenvalue weighted by Crippen LogP contribution is -2.27. The van der Waals surface area contributed by atoms with Crippen molar-refractivity contribution >= 4 is 11.7 Å². The Morgan fingerprint density at radius 3 is 2.21 bits per heavy atom. The number of carbonyl (C=O) groups excluding carboxylic acids is 1. The second-order valence-electron chi connectivity index (χ2n) is 2.88. The third-order valence-corrected chi connectivity index (χ3v) is 1.28. The van der Waals surface area contributed by atoms with Crippen LogP contribution in [0.25, 0.3) is 0 Å². The molecule has 0 fully saturated rings. The number of esters is 1. The molecule has 0 aromatic carbocycles. The van der Waals surface area contributed by atoms with Gasteiger partial charge in [-0.15, -0.1) is 0 Å². The van der Waals surface area contributed by atoms with Gasteiger partial charge in [-0.3, -0.25) is 9.79 Å². The van der Waals surface area contributed by atoms with Gasteiger partial charge in [0, 0.05) is 7.05 Å². The summed E-state index contributed by atoms with van der Waals surface area (Å²) >= 11 is 0. The number of carbonyl (C=O) groups is 1. The normalized spacial score (nSPS) is 13.2. The maximum Gasteiger partial charge on any atom is 0.429 e. The van der Waals surface area contributed by atoms with Crippen molar-refractivity contribution in [3.63, 3.8) is 0 Å².